The molecule has 0 bridgehead atoms. The number of aromatic nitrogens is 1. The summed E-state index contributed by atoms with van der Waals surface area (Å²) in [6, 6.07) is 0.887. The van der Waals surface area contributed by atoms with Gasteiger partial charge in [0.2, 0.25) is 0 Å². The molecule has 1 rings (SSSR count). The minimum Gasteiger partial charge on any atom is -0.481 e. The second kappa shape index (κ2) is 5.72. The number of carboxylic acids is 1. The quantitative estimate of drug-likeness (QED) is 0.838. The van der Waals surface area contributed by atoms with Crippen molar-refractivity contribution in [3.8, 4) is 11.6 Å². The summed E-state index contributed by atoms with van der Waals surface area (Å²) in [6.45, 7) is -1.28. The number of alkyl halides is 4. The molecule has 0 saturated carbocycles. The van der Waals surface area contributed by atoms with Gasteiger partial charge in [0, 0.05) is 5.56 Å². The second-order valence-electron chi connectivity index (χ2n) is 3.36. The van der Waals surface area contributed by atoms with Crippen molar-refractivity contribution in [1.82, 2.24) is 4.98 Å². The molecule has 0 radical (unpaired) electrons. The zero-order valence-electron chi connectivity index (χ0n) is 9.62. The Morgan fingerprint density at radius 1 is 1.47 bits per heavy atom. The first-order valence-electron chi connectivity index (χ1n) is 4.87. The van der Waals surface area contributed by atoms with Gasteiger partial charge in [0.05, 0.1) is 19.2 Å². The van der Waals surface area contributed by atoms with Crippen LogP contribution in [0.3, 0.4) is 0 Å². The van der Waals surface area contributed by atoms with Crippen LogP contribution in [0.25, 0.3) is 0 Å². The van der Waals surface area contributed by atoms with Crippen molar-refractivity contribution in [2.75, 3.05) is 7.11 Å². The SMILES string of the molecule is COc1nc(CC(=O)O)cc(CF)c1OC(F)(F)F. The first-order valence-corrected chi connectivity index (χ1v) is 4.87. The highest BCUT2D eigenvalue weighted by atomic mass is 19.4. The summed E-state index contributed by atoms with van der Waals surface area (Å²) in [5.41, 5.74) is -0.619. The van der Waals surface area contributed by atoms with E-state index in [-0.39, 0.29) is 5.69 Å². The molecule has 0 aliphatic rings. The maximum absolute atomic E-state index is 12.7. The Balaban J connectivity index is 3.25. The van der Waals surface area contributed by atoms with Crippen molar-refractivity contribution in [2.45, 2.75) is 19.5 Å². The van der Waals surface area contributed by atoms with Crippen molar-refractivity contribution < 1.29 is 36.9 Å². The van der Waals surface area contributed by atoms with Crippen LogP contribution in [0.1, 0.15) is 11.3 Å². The van der Waals surface area contributed by atoms with E-state index in [9.17, 15) is 22.4 Å². The lowest BCUT2D eigenvalue weighted by atomic mass is 10.2. The molecule has 0 amide bonds. The Kier molecular flexibility index (Phi) is 4.52. The number of methoxy groups -OCH3 is 1. The number of ether oxygens (including phenoxy) is 2. The van der Waals surface area contributed by atoms with Gasteiger partial charge in [-0.15, -0.1) is 13.2 Å². The van der Waals surface area contributed by atoms with E-state index < -0.39 is 42.6 Å². The van der Waals surface area contributed by atoms with Gasteiger partial charge in [-0.2, -0.15) is 0 Å². The van der Waals surface area contributed by atoms with Crippen molar-refractivity contribution in [1.29, 1.82) is 0 Å². The lowest BCUT2D eigenvalue weighted by Crippen LogP contribution is -2.19. The highest BCUT2D eigenvalue weighted by Crippen LogP contribution is 2.35. The summed E-state index contributed by atoms with van der Waals surface area (Å²) in [5.74, 6) is -2.79. The number of hydrogen-bond donors (Lipinski definition) is 1. The number of rotatable bonds is 5. The van der Waals surface area contributed by atoms with Crippen LogP contribution in [0, 0.1) is 0 Å². The maximum atomic E-state index is 12.7. The van der Waals surface area contributed by atoms with Gasteiger partial charge in [0.1, 0.15) is 6.67 Å². The van der Waals surface area contributed by atoms with E-state index in [0.29, 0.717) is 0 Å². The lowest BCUT2D eigenvalue weighted by molar-refractivity contribution is -0.275. The molecule has 1 heterocycles. The average Bonchev–Trinajstić information content (AvgIpc) is 2.28. The fraction of sp³-hybridized carbons (Fsp3) is 0.400. The van der Waals surface area contributed by atoms with Crippen LogP contribution in [0.5, 0.6) is 11.6 Å². The molecule has 1 aromatic heterocycles. The van der Waals surface area contributed by atoms with Crippen LogP contribution in [-0.2, 0) is 17.9 Å². The summed E-state index contributed by atoms with van der Waals surface area (Å²) < 4.78 is 57.4. The number of halogens is 4. The van der Waals surface area contributed by atoms with E-state index in [1.165, 1.54) is 0 Å². The molecule has 0 aromatic carbocycles. The van der Waals surface area contributed by atoms with Crippen LogP contribution >= 0.6 is 0 Å². The molecular weight excluding hydrogens is 274 g/mol. The third kappa shape index (κ3) is 4.27. The molecule has 1 aromatic rings. The molecule has 0 atom stereocenters. The minimum atomic E-state index is -5.03. The molecular formula is C10H9F4NO4. The third-order valence-electron chi connectivity index (χ3n) is 1.96. The Morgan fingerprint density at radius 2 is 2.11 bits per heavy atom. The first-order chi connectivity index (χ1) is 8.76. The first kappa shape index (κ1) is 15.0. The highest BCUT2D eigenvalue weighted by Gasteiger charge is 2.34. The van der Waals surface area contributed by atoms with Crippen molar-refractivity contribution >= 4 is 5.97 Å². The monoisotopic (exact) mass is 283 g/mol. The van der Waals surface area contributed by atoms with Crippen LogP contribution in [0.2, 0.25) is 0 Å². The van der Waals surface area contributed by atoms with Gasteiger partial charge in [-0.1, -0.05) is 0 Å². The van der Waals surface area contributed by atoms with E-state index in [1.54, 1.807) is 0 Å². The van der Waals surface area contributed by atoms with Gasteiger partial charge in [-0.25, -0.2) is 9.37 Å². The van der Waals surface area contributed by atoms with E-state index in [1.807, 2.05) is 0 Å². The van der Waals surface area contributed by atoms with Gasteiger partial charge >= 0.3 is 12.3 Å². The van der Waals surface area contributed by atoms with E-state index in [2.05, 4.69) is 14.5 Å². The van der Waals surface area contributed by atoms with Crippen molar-refractivity contribution in [3.63, 3.8) is 0 Å². The van der Waals surface area contributed by atoms with E-state index in [0.717, 1.165) is 13.2 Å². The van der Waals surface area contributed by atoms with Gasteiger partial charge in [-0.05, 0) is 6.07 Å². The Labute approximate surface area is 104 Å². The zero-order chi connectivity index (χ0) is 14.6. The van der Waals surface area contributed by atoms with Crippen LogP contribution < -0.4 is 9.47 Å². The van der Waals surface area contributed by atoms with E-state index in [4.69, 9.17) is 5.11 Å². The van der Waals surface area contributed by atoms with Gasteiger partial charge in [-0.3, -0.25) is 4.79 Å². The number of carbonyl (C=O) groups is 1. The molecule has 1 N–H and O–H groups in total. The van der Waals surface area contributed by atoms with Crippen LogP contribution in [0.4, 0.5) is 17.6 Å². The standard InChI is InChI=1S/C10H9F4NO4/c1-18-9-8(19-10(12,13)14)5(4-11)2-6(15-9)3-7(16)17/h2H,3-4H2,1H3,(H,16,17). The summed E-state index contributed by atoms with van der Waals surface area (Å²) in [4.78, 5) is 14.0. The predicted octanol–water partition coefficient (Wildman–Crippen LogP) is 2.09. The summed E-state index contributed by atoms with van der Waals surface area (Å²) >= 11 is 0. The smallest absolute Gasteiger partial charge is 0.481 e. The van der Waals surface area contributed by atoms with Gasteiger partial charge < -0.3 is 14.6 Å². The highest BCUT2D eigenvalue weighted by molar-refractivity contribution is 5.69. The molecule has 0 unspecified atom stereocenters. The fourth-order valence-electron chi connectivity index (χ4n) is 1.33. The Bertz CT molecular complexity index is 450. The molecule has 5 nitrogen and oxygen atoms in total. The Hall–Kier alpha value is -2.06. The molecule has 0 saturated heterocycles. The van der Waals surface area contributed by atoms with Crippen molar-refractivity contribution in [2.24, 2.45) is 0 Å². The van der Waals surface area contributed by atoms with Gasteiger partial charge in [0.25, 0.3) is 5.88 Å². The van der Waals surface area contributed by atoms with Crippen LogP contribution in [-0.4, -0.2) is 29.5 Å². The normalized spacial score (nSPS) is 11.2. The molecule has 9 heteroatoms. The van der Waals surface area contributed by atoms with Crippen LogP contribution in [0.15, 0.2) is 6.07 Å². The predicted molar refractivity (Wildman–Crippen MR) is 53.6 cm³/mol. The average molecular weight is 283 g/mol. The maximum Gasteiger partial charge on any atom is 0.573 e. The number of nitrogens with zero attached hydrogens (tertiary/aromatic N) is 1. The number of carboxylic acid groups (broad SMARTS) is 1. The molecule has 19 heavy (non-hydrogen) atoms. The van der Waals surface area contributed by atoms with E-state index >= 15 is 0 Å². The molecule has 0 aliphatic carbocycles. The van der Waals surface area contributed by atoms with Crippen molar-refractivity contribution in [3.05, 3.63) is 17.3 Å². The molecule has 0 aliphatic heterocycles. The number of hydrogen-bond acceptors (Lipinski definition) is 4. The third-order valence-corrected chi connectivity index (χ3v) is 1.96. The number of aliphatic carboxylic acids is 1. The summed E-state index contributed by atoms with van der Waals surface area (Å²) in [6.07, 6.45) is -5.61. The summed E-state index contributed by atoms with van der Waals surface area (Å²) in [7, 11) is 1.01. The second-order valence-corrected chi connectivity index (χ2v) is 3.36. The fourth-order valence-corrected chi connectivity index (χ4v) is 1.33. The molecule has 106 valence electrons. The molecule has 0 spiro atoms. The lowest BCUT2D eigenvalue weighted by Gasteiger charge is -2.15. The zero-order valence-corrected chi connectivity index (χ0v) is 9.62. The minimum absolute atomic E-state index is 0.133. The topological polar surface area (TPSA) is 68.7 Å². The number of pyridine rings is 1. The Morgan fingerprint density at radius 3 is 2.53 bits per heavy atom. The van der Waals surface area contributed by atoms with Gasteiger partial charge in [0.15, 0.2) is 5.75 Å². The summed E-state index contributed by atoms with van der Waals surface area (Å²) in [5, 5.41) is 8.56. The largest absolute Gasteiger partial charge is 0.573 e. The molecule has 0 fully saturated rings.